The van der Waals surface area contributed by atoms with Crippen molar-refractivity contribution in [1.29, 1.82) is 0 Å². The summed E-state index contributed by atoms with van der Waals surface area (Å²) in [7, 11) is 2.98. The summed E-state index contributed by atoms with van der Waals surface area (Å²) in [6.07, 6.45) is 0. The minimum atomic E-state index is 0.216. The van der Waals surface area contributed by atoms with Crippen LogP contribution in [0.1, 0.15) is 58.2 Å². The van der Waals surface area contributed by atoms with Crippen LogP contribution < -0.4 is 5.30 Å². The monoisotopic (exact) mass is 330 g/mol. The van der Waals surface area contributed by atoms with Crippen LogP contribution in [0.25, 0.3) is 0 Å². The summed E-state index contributed by atoms with van der Waals surface area (Å²) in [5, 5.41) is 2.66. The first-order valence-corrected chi connectivity index (χ1v) is 10.00. The molecule has 1 aromatic carbocycles. The molecule has 0 heterocycles. The van der Waals surface area contributed by atoms with Crippen LogP contribution in [0, 0.1) is 0 Å². The number of hydrogen-bond acceptors (Lipinski definition) is 0. The van der Waals surface area contributed by atoms with Crippen molar-refractivity contribution in [2.75, 3.05) is 0 Å². The Hall–Kier alpha value is 0.169. The molecule has 0 aliphatic rings. The summed E-state index contributed by atoms with van der Waals surface area (Å²) >= 11 is 0.691. The van der Waals surface area contributed by atoms with Crippen LogP contribution in [-0.2, 0) is 16.1 Å². The Morgan fingerprint density at radius 1 is 1.00 bits per heavy atom. The van der Waals surface area contributed by atoms with Gasteiger partial charge in [0, 0.05) is 0 Å². The van der Waals surface area contributed by atoms with E-state index in [-0.39, 0.29) is 10.8 Å². The molecular weight excluding hydrogens is 302 g/mol. The van der Waals surface area contributed by atoms with Gasteiger partial charge in [0.25, 0.3) is 0 Å². The molecule has 0 amide bonds. The molecule has 0 aliphatic carbocycles. The second kappa shape index (κ2) is 5.66. The zero-order valence-electron chi connectivity index (χ0n) is 12.8. The third kappa shape index (κ3) is 3.83. The summed E-state index contributed by atoms with van der Waals surface area (Å²) < 4.78 is 0. The van der Waals surface area contributed by atoms with Crippen LogP contribution in [-0.4, -0.2) is 15.0 Å². The van der Waals surface area contributed by atoms with Gasteiger partial charge in [0.15, 0.2) is 0 Å². The Morgan fingerprint density at radius 2 is 1.56 bits per heavy atom. The van der Waals surface area contributed by atoms with Gasteiger partial charge in [0.05, 0.1) is 0 Å². The van der Waals surface area contributed by atoms with E-state index >= 15 is 0 Å². The molecule has 18 heavy (non-hydrogen) atoms. The summed E-state index contributed by atoms with van der Waals surface area (Å²) in [5.41, 5.74) is 4.93. The number of hydrogen-bond donors (Lipinski definition) is 0. The zero-order chi connectivity index (χ0) is 14.1. The van der Waals surface area contributed by atoms with Crippen molar-refractivity contribution in [3.8, 4) is 0 Å². The molecule has 0 aliphatic heterocycles. The molecule has 0 N–H and O–H groups in total. The summed E-state index contributed by atoms with van der Waals surface area (Å²) in [6.45, 7) is 13.8. The first kappa shape index (κ1) is 16.2. The van der Waals surface area contributed by atoms with E-state index in [9.17, 15) is 0 Å². The predicted molar refractivity (Wildman–Crippen MR) is 88.5 cm³/mol. The van der Waals surface area contributed by atoms with E-state index in [0.717, 1.165) is 0 Å². The van der Waals surface area contributed by atoms with Gasteiger partial charge in [0.1, 0.15) is 0 Å². The molecule has 0 saturated heterocycles. The molecule has 102 valence electrons. The Kier molecular flexibility index (Phi) is 5.10. The van der Waals surface area contributed by atoms with Gasteiger partial charge in [-0.2, -0.15) is 0 Å². The second-order valence-corrected chi connectivity index (χ2v) is 9.42. The van der Waals surface area contributed by atoms with Crippen LogP contribution in [0.4, 0.5) is 0 Å². The molecule has 2 heteroatoms. The normalized spacial score (nSPS) is 12.9. The Labute approximate surface area is 122 Å². The van der Waals surface area contributed by atoms with Gasteiger partial charge in [-0.05, 0) is 0 Å². The van der Waals surface area contributed by atoms with E-state index < -0.39 is 0 Å². The molecule has 1 rings (SSSR count). The maximum atomic E-state index is 2.98. The van der Waals surface area contributed by atoms with Gasteiger partial charge >= 0.3 is 122 Å². The fourth-order valence-electron chi connectivity index (χ4n) is 2.04. The molecule has 0 bridgehead atoms. The number of benzene rings is 1. The van der Waals surface area contributed by atoms with E-state index in [1.54, 1.807) is 0 Å². The quantitative estimate of drug-likeness (QED) is 0.568. The summed E-state index contributed by atoms with van der Waals surface area (Å²) in [6, 6.07) is 4.83. The van der Waals surface area contributed by atoms with Crippen LogP contribution >= 0.6 is 9.24 Å². The Balaban J connectivity index is 3.47. The van der Waals surface area contributed by atoms with Crippen molar-refractivity contribution < 1.29 is 0 Å². The van der Waals surface area contributed by atoms with Gasteiger partial charge in [-0.3, -0.25) is 0 Å². The SMILES string of the molecule is C[Se]Cc1cc(C(C)(C)C)cc(C(C)(C)C)c1P. The number of rotatable bonds is 2. The predicted octanol–water partition coefficient (Wildman–Crippen LogP) is 4.03. The van der Waals surface area contributed by atoms with Crippen molar-refractivity contribution in [1.82, 2.24) is 0 Å². The van der Waals surface area contributed by atoms with E-state index in [1.807, 2.05) is 0 Å². The van der Waals surface area contributed by atoms with E-state index in [0.29, 0.717) is 15.0 Å². The zero-order valence-corrected chi connectivity index (χ0v) is 15.7. The van der Waals surface area contributed by atoms with Crippen molar-refractivity contribution in [2.45, 2.75) is 63.5 Å². The Morgan fingerprint density at radius 3 is 1.94 bits per heavy atom. The van der Waals surface area contributed by atoms with Gasteiger partial charge in [-0.15, -0.1) is 0 Å². The molecule has 1 aromatic rings. The van der Waals surface area contributed by atoms with E-state index in [4.69, 9.17) is 0 Å². The van der Waals surface area contributed by atoms with Crippen molar-refractivity contribution in [3.63, 3.8) is 0 Å². The standard InChI is InChI=1S/C16H27PSe/c1-15(2,3)12-8-11(10-18-7)14(17)13(9-12)16(4,5)6/h8-9H,10,17H2,1-7H3. The molecule has 0 fully saturated rings. The van der Waals surface area contributed by atoms with Crippen LogP contribution in [0.3, 0.4) is 0 Å². The minimum absolute atomic E-state index is 0.216. The van der Waals surface area contributed by atoms with Crippen LogP contribution in [0.2, 0.25) is 5.82 Å². The van der Waals surface area contributed by atoms with E-state index in [1.165, 1.54) is 27.3 Å². The van der Waals surface area contributed by atoms with Gasteiger partial charge in [-0.1, -0.05) is 0 Å². The summed E-state index contributed by atoms with van der Waals surface area (Å²) in [4.78, 5) is 0. The molecular formula is C16H27PSe. The van der Waals surface area contributed by atoms with E-state index in [2.05, 4.69) is 68.7 Å². The van der Waals surface area contributed by atoms with Crippen LogP contribution in [0.15, 0.2) is 12.1 Å². The van der Waals surface area contributed by atoms with Crippen LogP contribution in [0.5, 0.6) is 0 Å². The average Bonchev–Trinajstić information content (AvgIpc) is 2.17. The molecule has 0 aromatic heterocycles. The van der Waals surface area contributed by atoms with Gasteiger partial charge in [-0.25, -0.2) is 0 Å². The summed E-state index contributed by atoms with van der Waals surface area (Å²) in [5.74, 6) is 2.32. The van der Waals surface area contributed by atoms with Crippen molar-refractivity contribution in [3.05, 3.63) is 28.8 Å². The molecule has 0 spiro atoms. The first-order chi connectivity index (χ1) is 8.07. The average molecular weight is 329 g/mol. The molecule has 1 atom stereocenters. The fraction of sp³-hybridized carbons (Fsp3) is 0.625. The van der Waals surface area contributed by atoms with Gasteiger partial charge in [0.2, 0.25) is 0 Å². The fourth-order valence-corrected chi connectivity index (χ4v) is 4.23. The maximum absolute atomic E-state index is 2.98. The van der Waals surface area contributed by atoms with Gasteiger partial charge < -0.3 is 0 Å². The third-order valence-corrected chi connectivity index (χ3v) is 5.18. The molecule has 1 unspecified atom stereocenters. The third-order valence-electron chi connectivity index (χ3n) is 3.24. The molecule has 0 saturated carbocycles. The first-order valence-electron chi connectivity index (χ1n) is 6.49. The van der Waals surface area contributed by atoms with Crippen molar-refractivity contribution in [2.24, 2.45) is 0 Å². The second-order valence-electron chi connectivity index (χ2n) is 7.03. The van der Waals surface area contributed by atoms with Crippen molar-refractivity contribution >= 4 is 29.5 Å². The Bertz CT molecular complexity index is 422. The molecule has 0 nitrogen and oxygen atoms in total. The topological polar surface area (TPSA) is 0 Å². The molecule has 0 radical (unpaired) electrons.